The highest BCUT2D eigenvalue weighted by Crippen LogP contribution is 2.32. The number of hydrogen-bond donors (Lipinski definition) is 1. The minimum absolute atomic E-state index is 0.215. The highest BCUT2D eigenvalue weighted by Gasteiger charge is 2.17. The Kier molecular flexibility index (Phi) is 8.23. The molecule has 8 heteroatoms. The SMILES string of the molecule is CNC(=O)COc1cc(C(=O)OC)cc(-c2ccc(C(=O)OC)c(OCc3ccccc3)c2)c1. The monoisotopic (exact) mass is 463 g/mol. The molecule has 1 N–H and O–H groups in total. The molecule has 3 aromatic rings. The number of nitrogens with one attached hydrogen (secondary N) is 1. The van der Waals surface area contributed by atoms with E-state index in [1.165, 1.54) is 27.3 Å². The van der Waals surface area contributed by atoms with Crippen LogP contribution in [0.2, 0.25) is 0 Å². The lowest BCUT2D eigenvalue weighted by Crippen LogP contribution is -2.24. The predicted octanol–water partition coefficient (Wildman–Crippen LogP) is 3.63. The van der Waals surface area contributed by atoms with E-state index in [9.17, 15) is 14.4 Å². The van der Waals surface area contributed by atoms with Gasteiger partial charge in [0.05, 0.1) is 19.8 Å². The number of carbonyl (C=O) groups is 3. The number of hydrogen-bond acceptors (Lipinski definition) is 7. The molecule has 0 saturated heterocycles. The van der Waals surface area contributed by atoms with Crippen LogP contribution in [0.3, 0.4) is 0 Å². The van der Waals surface area contributed by atoms with Crippen molar-refractivity contribution in [3.63, 3.8) is 0 Å². The van der Waals surface area contributed by atoms with E-state index < -0.39 is 11.9 Å². The Bertz CT molecular complexity index is 1180. The molecule has 8 nitrogen and oxygen atoms in total. The summed E-state index contributed by atoms with van der Waals surface area (Å²) in [6.45, 7) is 0.0320. The molecule has 0 radical (unpaired) electrons. The van der Waals surface area contributed by atoms with Gasteiger partial charge in [0.1, 0.15) is 23.7 Å². The van der Waals surface area contributed by atoms with Gasteiger partial charge in [-0.1, -0.05) is 36.4 Å². The van der Waals surface area contributed by atoms with Crippen molar-refractivity contribution in [2.24, 2.45) is 0 Å². The molecule has 0 spiro atoms. The summed E-state index contributed by atoms with van der Waals surface area (Å²) < 4.78 is 21.2. The second-order valence-electron chi connectivity index (χ2n) is 7.18. The van der Waals surface area contributed by atoms with Crippen molar-refractivity contribution in [2.45, 2.75) is 6.61 Å². The van der Waals surface area contributed by atoms with Gasteiger partial charge in [-0.3, -0.25) is 4.79 Å². The second kappa shape index (κ2) is 11.5. The maximum absolute atomic E-state index is 12.3. The molecule has 0 fully saturated rings. The summed E-state index contributed by atoms with van der Waals surface area (Å²) in [6, 6.07) is 19.3. The van der Waals surface area contributed by atoms with E-state index in [1.807, 2.05) is 30.3 Å². The minimum atomic E-state index is -0.557. The molecule has 0 aromatic heterocycles. The third-order valence-corrected chi connectivity index (χ3v) is 4.93. The van der Waals surface area contributed by atoms with Crippen molar-refractivity contribution in [3.05, 3.63) is 83.4 Å². The molecule has 3 aromatic carbocycles. The largest absolute Gasteiger partial charge is 0.488 e. The van der Waals surface area contributed by atoms with Crippen LogP contribution in [0.25, 0.3) is 11.1 Å². The molecule has 0 heterocycles. The van der Waals surface area contributed by atoms with E-state index in [-0.39, 0.29) is 30.2 Å². The van der Waals surface area contributed by atoms with Gasteiger partial charge in [0.25, 0.3) is 5.91 Å². The highest BCUT2D eigenvalue weighted by molar-refractivity contribution is 5.94. The van der Waals surface area contributed by atoms with E-state index >= 15 is 0 Å². The van der Waals surface area contributed by atoms with E-state index in [2.05, 4.69) is 5.32 Å². The van der Waals surface area contributed by atoms with Crippen LogP contribution in [0, 0.1) is 0 Å². The normalized spacial score (nSPS) is 10.2. The number of rotatable bonds is 9. The van der Waals surface area contributed by atoms with E-state index in [4.69, 9.17) is 18.9 Å². The van der Waals surface area contributed by atoms with Crippen LogP contribution in [-0.2, 0) is 20.9 Å². The van der Waals surface area contributed by atoms with Crippen molar-refractivity contribution in [1.29, 1.82) is 0 Å². The van der Waals surface area contributed by atoms with Gasteiger partial charge in [0.2, 0.25) is 0 Å². The van der Waals surface area contributed by atoms with Crippen molar-refractivity contribution >= 4 is 17.8 Å². The van der Waals surface area contributed by atoms with Crippen LogP contribution in [0.5, 0.6) is 11.5 Å². The summed E-state index contributed by atoms with van der Waals surface area (Å²) in [7, 11) is 4.08. The molecule has 1 amide bonds. The quantitative estimate of drug-likeness (QED) is 0.484. The Morgan fingerprint density at radius 1 is 0.794 bits per heavy atom. The Labute approximate surface area is 197 Å². The average Bonchev–Trinajstić information content (AvgIpc) is 2.89. The standard InChI is InChI=1S/C26H25NO7/c1-27-24(28)16-33-21-12-19(11-20(13-21)25(29)31-2)18-9-10-22(26(30)32-3)23(14-18)34-15-17-7-5-4-6-8-17/h4-14H,15-16H2,1-3H3,(H,27,28). The zero-order valence-corrected chi connectivity index (χ0v) is 19.1. The van der Waals surface area contributed by atoms with Crippen molar-refractivity contribution < 1.29 is 33.3 Å². The first kappa shape index (κ1) is 24.3. The Hall–Kier alpha value is -4.33. The summed E-state index contributed by atoms with van der Waals surface area (Å²) in [6.07, 6.45) is 0. The Morgan fingerprint density at radius 2 is 1.53 bits per heavy atom. The van der Waals surface area contributed by atoms with Crippen molar-refractivity contribution in [3.8, 4) is 22.6 Å². The van der Waals surface area contributed by atoms with E-state index in [1.54, 1.807) is 30.3 Å². The number of benzene rings is 3. The highest BCUT2D eigenvalue weighted by atomic mass is 16.5. The van der Waals surface area contributed by atoms with Gasteiger partial charge in [-0.25, -0.2) is 9.59 Å². The third kappa shape index (κ3) is 6.13. The first-order chi connectivity index (χ1) is 16.4. The van der Waals surface area contributed by atoms with E-state index in [0.717, 1.165) is 5.56 Å². The summed E-state index contributed by atoms with van der Waals surface area (Å²) in [5.74, 6) is -0.773. The summed E-state index contributed by atoms with van der Waals surface area (Å²) in [4.78, 5) is 36.1. The van der Waals surface area contributed by atoms with E-state index in [0.29, 0.717) is 22.6 Å². The zero-order chi connectivity index (χ0) is 24.5. The van der Waals surface area contributed by atoms with Gasteiger partial charge in [0.15, 0.2) is 6.61 Å². The lowest BCUT2D eigenvalue weighted by molar-refractivity contribution is -0.122. The molecule has 0 aliphatic rings. The van der Waals surface area contributed by atoms with Gasteiger partial charge in [-0.05, 0) is 47.0 Å². The van der Waals surface area contributed by atoms with Crippen LogP contribution in [0.1, 0.15) is 26.3 Å². The van der Waals surface area contributed by atoms with Crippen LogP contribution in [0.15, 0.2) is 66.7 Å². The average molecular weight is 463 g/mol. The van der Waals surface area contributed by atoms with Gasteiger partial charge in [-0.2, -0.15) is 0 Å². The fourth-order valence-electron chi connectivity index (χ4n) is 3.14. The minimum Gasteiger partial charge on any atom is -0.488 e. The van der Waals surface area contributed by atoms with Gasteiger partial charge >= 0.3 is 11.9 Å². The topological polar surface area (TPSA) is 100 Å². The van der Waals surface area contributed by atoms with Gasteiger partial charge < -0.3 is 24.3 Å². The summed E-state index contributed by atoms with van der Waals surface area (Å²) in [5, 5.41) is 2.47. The van der Waals surface area contributed by atoms with Gasteiger partial charge in [0, 0.05) is 7.05 Å². The second-order valence-corrected chi connectivity index (χ2v) is 7.18. The molecule has 0 atom stereocenters. The molecule has 34 heavy (non-hydrogen) atoms. The van der Waals surface area contributed by atoms with Crippen LogP contribution in [-0.4, -0.2) is 45.7 Å². The van der Waals surface area contributed by atoms with Crippen LogP contribution in [0.4, 0.5) is 0 Å². The molecule has 0 unspecified atom stereocenters. The maximum atomic E-state index is 12.3. The molecule has 0 saturated carbocycles. The number of carbonyl (C=O) groups excluding carboxylic acids is 3. The maximum Gasteiger partial charge on any atom is 0.341 e. The van der Waals surface area contributed by atoms with Crippen LogP contribution < -0.4 is 14.8 Å². The molecule has 0 aliphatic heterocycles. The third-order valence-electron chi connectivity index (χ3n) is 4.93. The summed E-state index contributed by atoms with van der Waals surface area (Å²) >= 11 is 0. The number of methoxy groups -OCH3 is 2. The molecule has 0 aliphatic carbocycles. The first-order valence-corrected chi connectivity index (χ1v) is 10.4. The fraction of sp³-hybridized carbons (Fsp3) is 0.192. The first-order valence-electron chi connectivity index (χ1n) is 10.4. The Morgan fingerprint density at radius 3 is 2.21 bits per heavy atom. The lowest BCUT2D eigenvalue weighted by atomic mass is 10.0. The Balaban J connectivity index is 2.00. The number of esters is 2. The predicted molar refractivity (Wildman–Crippen MR) is 125 cm³/mol. The molecular formula is C26H25NO7. The lowest BCUT2D eigenvalue weighted by Gasteiger charge is -2.14. The number of amides is 1. The molecule has 0 bridgehead atoms. The fourth-order valence-corrected chi connectivity index (χ4v) is 3.14. The van der Waals surface area contributed by atoms with Gasteiger partial charge in [-0.15, -0.1) is 0 Å². The molecule has 3 rings (SSSR count). The smallest absolute Gasteiger partial charge is 0.341 e. The molecular weight excluding hydrogens is 438 g/mol. The molecule has 176 valence electrons. The number of likely N-dealkylation sites (N-methyl/N-ethyl adjacent to an activating group) is 1. The number of ether oxygens (including phenoxy) is 4. The summed E-state index contributed by atoms with van der Waals surface area (Å²) in [5.41, 5.74) is 2.71. The van der Waals surface area contributed by atoms with Crippen molar-refractivity contribution in [2.75, 3.05) is 27.9 Å². The zero-order valence-electron chi connectivity index (χ0n) is 19.1. The van der Waals surface area contributed by atoms with Crippen LogP contribution >= 0.6 is 0 Å². The van der Waals surface area contributed by atoms with Crippen molar-refractivity contribution in [1.82, 2.24) is 5.32 Å².